The third-order valence-corrected chi connectivity index (χ3v) is 2.46. The second-order valence-electron chi connectivity index (χ2n) is 3.13. The van der Waals surface area contributed by atoms with Gasteiger partial charge in [0, 0.05) is 4.47 Å². The lowest BCUT2D eigenvalue weighted by Gasteiger charge is -2.10. The molecule has 0 heterocycles. The third kappa shape index (κ3) is 4.08. The summed E-state index contributed by atoms with van der Waals surface area (Å²) in [7, 11) is 0. The summed E-state index contributed by atoms with van der Waals surface area (Å²) in [5, 5.41) is 2.43. The molecule has 0 radical (unpaired) electrons. The van der Waals surface area contributed by atoms with E-state index in [2.05, 4.69) is 21.2 Å². The molecule has 0 bridgehead atoms. The topological polar surface area (TPSA) is 55.1 Å². The fraction of sp³-hybridized carbons (Fsp3) is 0.300. The molecule has 0 saturated heterocycles. The number of anilines is 1. The number of rotatable bonds is 3. The highest BCUT2D eigenvalue weighted by molar-refractivity contribution is 9.10. The van der Waals surface area contributed by atoms with Gasteiger partial charge < -0.3 is 11.1 Å². The highest BCUT2D eigenvalue weighted by Gasteiger charge is 2.12. The first-order chi connectivity index (χ1) is 7.04. The van der Waals surface area contributed by atoms with E-state index >= 15 is 0 Å². The zero-order valence-corrected chi connectivity index (χ0v) is 11.1. The summed E-state index contributed by atoms with van der Waals surface area (Å²) in [6.45, 7) is 1.79. The Hall–Kier alpha value is -0.650. The van der Waals surface area contributed by atoms with Crippen LogP contribution in [0.4, 0.5) is 10.1 Å². The first kappa shape index (κ1) is 15.3. The molecule has 6 heteroatoms. The molecule has 3 nitrogen and oxygen atoms in total. The van der Waals surface area contributed by atoms with Gasteiger partial charge >= 0.3 is 0 Å². The van der Waals surface area contributed by atoms with Crippen LogP contribution < -0.4 is 11.1 Å². The molecule has 16 heavy (non-hydrogen) atoms. The summed E-state index contributed by atoms with van der Waals surface area (Å²) in [6.07, 6.45) is 0.518. The molecule has 0 aliphatic carbocycles. The van der Waals surface area contributed by atoms with Crippen LogP contribution >= 0.6 is 28.3 Å². The molecule has 1 aromatic rings. The molecule has 1 atom stereocenters. The van der Waals surface area contributed by atoms with Crippen molar-refractivity contribution in [3.8, 4) is 0 Å². The van der Waals surface area contributed by atoms with Crippen LogP contribution in [0.1, 0.15) is 13.3 Å². The number of carbonyl (C=O) groups is 1. The van der Waals surface area contributed by atoms with Gasteiger partial charge in [0.25, 0.3) is 0 Å². The van der Waals surface area contributed by atoms with Crippen LogP contribution in [0.15, 0.2) is 22.7 Å². The van der Waals surface area contributed by atoms with Crippen LogP contribution in [0.25, 0.3) is 0 Å². The van der Waals surface area contributed by atoms with Crippen LogP contribution in [0, 0.1) is 5.82 Å². The summed E-state index contributed by atoms with van der Waals surface area (Å²) in [5.74, 6) is -0.861. The quantitative estimate of drug-likeness (QED) is 0.902. The van der Waals surface area contributed by atoms with Crippen molar-refractivity contribution >= 4 is 39.9 Å². The molecule has 3 N–H and O–H groups in total. The fourth-order valence-corrected chi connectivity index (χ4v) is 1.33. The predicted octanol–water partition coefficient (Wildman–Crippen LogP) is 2.69. The van der Waals surface area contributed by atoms with Crippen molar-refractivity contribution in [2.24, 2.45) is 5.73 Å². The van der Waals surface area contributed by atoms with Crippen LogP contribution in [0.5, 0.6) is 0 Å². The Morgan fingerprint density at radius 3 is 2.75 bits per heavy atom. The first-order valence-corrected chi connectivity index (χ1v) is 5.35. The molecular weight excluding hydrogens is 298 g/mol. The van der Waals surface area contributed by atoms with Crippen LogP contribution in [0.2, 0.25) is 0 Å². The van der Waals surface area contributed by atoms with Gasteiger partial charge in [0.1, 0.15) is 5.82 Å². The number of nitrogens with two attached hydrogens (primary N) is 1. The summed E-state index contributed by atoms with van der Waals surface area (Å²) < 4.78 is 13.9. The van der Waals surface area contributed by atoms with Gasteiger partial charge in [-0.15, -0.1) is 12.4 Å². The number of hydrogen-bond donors (Lipinski definition) is 2. The van der Waals surface area contributed by atoms with Crippen molar-refractivity contribution in [1.29, 1.82) is 0 Å². The number of benzene rings is 1. The molecule has 0 unspecified atom stereocenters. The van der Waals surface area contributed by atoms with Crippen LogP contribution in [-0.4, -0.2) is 11.9 Å². The Morgan fingerprint density at radius 1 is 1.62 bits per heavy atom. The van der Waals surface area contributed by atoms with E-state index in [0.717, 1.165) is 0 Å². The van der Waals surface area contributed by atoms with E-state index in [1.165, 1.54) is 12.1 Å². The second kappa shape index (κ2) is 6.83. The van der Waals surface area contributed by atoms with Crippen LogP contribution in [-0.2, 0) is 4.79 Å². The average Bonchev–Trinajstić information content (AvgIpc) is 2.20. The standard InChI is InChI=1S/C10H12BrFN2O.ClH/c1-2-8(13)10(15)14-9-4-3-6(11)5-7(9)12;/h3-5,8H,2,13H2,1H3,(H,14,15);1H/t8-;/m0./s1. The third-order valence-electron chi connectivity index (χ3n) is 1.97. The van der Waals surface area contributed by atoms with Gasteiger partial charge in [0.05, 0.1) is 11.7 Å². The van der Waals surface area contributed by atoms with E-state index in [-0.39, 0.29) is 24.0 Å². The Kier molecular flexibility index (Phi) is 6.55. The summed E-state index contributed by atoms with van der Waals surface area (Å²) in [4.78, 5) is 11.4. The van der Waals surface area contributed by atoms with Gasteiger partial charge in [0.2, 0.25) is 5.91 Å². The molecule has 0 spiro atoms. The van der Waals surface area contributed by atoms with Gasteiger partial charge in [-0.25, -0.2) is 4.39 Å². The molecule has 90 valence electrons. The Bertz CT molecular complexity index is 376. The smallest absolute Gasteiger partial charge is 0.241 e. The molecular formula is C10H13BrClFN2O. The zero-order chi connectivity index (χ0) is 11.4. The highest BCUT2D eigenvalue weighted by atomic mass is 79.9. The van der Waals surface area contributed by atoms with Gasteiger partial charge in [0.15, 0.2) is 0 Å². The second-order valence-corrected chi connectivity index (χ2v) is 4.04. The molecule has 0 fully saturated rings. The van der Waals surface area contributed by atoms with Gasteiger partial charge in [-0.05, 0) is 24.6 Å². The lowest BCUT2D eigenvalue weighted by molar-refractivity contribution is -0.117. The van der Waals surface area contributed by atoms with Crippen molar-refractivity contribution in [3.05, 3.63) is 28.5 Å². The maximum atomic E-state index is 13.3. The Morgan fingerprint density at radius 2 is 2.25 bits per heavy atom. The zero-order valence-electron chi connectivity index (χ0n) is 8.67. The first-order valence-electron chi connectivity index (χ1n) is 4.56. The number of halogens is 3. The van der Waals surface area contributed by atoms with E-state index in [9.17, 15) is 9.18 Å². The van der Waals surface area contributed by atoms with Crippen LogP contribution in [0.3, 0.4) is 0 Å². The van der Waals surface area contributed by atoms with E-state index in [1.807, 2.05) is 0 Å². The monoisotopic (exact) mass is 310 g/mol. The molecule has 0 aliphatic heterocycles. The number of amides is 1. The lowest BCUT2D eigenvalue weighted by Crippen LogP contribution is -2.35. The van der Waals surface area contributed by atoms with Crippen molar-refractivity contribution in [1.82, 2.24) is 0 Å². The maximum absolute atomic E-state index is 13.3. The summed E-state index contributed by atoms with van der Waals surface area (Å²) in [5.41, 5.74) is 5.65. The Labute approximate surface area is 108 Å². The van der Waals surface area contributed by atoms with Crippen molar-refractivity contribution in [2.75, 3.05) is 5.32 Å². The molecule has 1 aromatic carbocycles. The molecule has 1 amide bonds. The van der Waals surface area contributed by atoms with E-state index in [4.69, 9.17) is 5.73 Å². The minimum absolute atomic E-state index is 0. The largest absolute Gasteiger partial charge is 0.322 e. The normalized spacial score (nSPS) is 11.5. The summed E-state index contributed by atoms with van der Waals surface area (Å²) in [6, 6.07) is 3.82. The van der Waals surface area contributed by atoms with E-state index in [1.54, 1.807) is 13.0 Å². The fourth-order valence-electron chi connectivity index (χ4n) is 1.00. The minimum atomic E-state index is -0.604. The Balaban J connectivity index is 0.00000225. The number of nitrogens with one attached hydrogen (secondary N) is 1. The highest BCUT2D eigenvalue weighted by Crippen LogP contribution is 2.19. The molecule has 0 aliphatic rings. The maximum Gasteiger partial charge on any atom is 0.241 e. The average molecular weight is 312 g/mol. The number of hydrogen-bond acceptors (Lipinski definition) is 2. The van der Waals surface area contributed by atoms with Crippen molar-refractivity contribution in [3.63, 3.8) is 0 Å². The van der Waals surface area contributed by atoms with Crippen molar-refractivity contribution in [2.45, 2.75) is 19.4 Å². The van der Waals surface area contributed by atoms with Gasteiger partial charge in [-0.2, -0.15) is 0 Å². The minimum Gasteiger partial charge on any atom is -0.322 e. The van der Waals surface area contributed by atoms with Crippen molar-refractivity contribution < 1.29 is 9.18 Å². The van der Waals surface area contributed by atoms with E-state index < -0.39 is 11.9 Å². The van der Waals surface area contributed by atoms with Gasteiger partial charge in [-0.3, -0.25) is 4.79 Å². The predicted molar refractivity (Wildman–Crippen MR) is 68.2 cm³/mol. The number of carbonyl (C=O) groups excluding carboxylic acids is 1. The van der Waals surface area contributed by atoms with Gasteiger partial charge in [-0.1, -0.05) is 22.9 Å². The SMILES string of the molecule is CC[C@H](N)C(=O)Nc1ccc(Br)cc1F.Cl. The van der Waals surface area contributed by atoms with E-state index in [0.29, 0.717) is 10.9 Å². The summed E-state index contributed by atoms with van der Waals surface area (Å²) >= 11 is 3.13. The molecule has 0 saturated carbocycles. The molecule has 0 aromatic heterocycles. The lowest BCUT2D eigenvalue weighted by atomic mass is 10.2. The molecule has 1 rings (SSSR count).